The Morgan fingerprint density at radius 3 is 3.05 bits per heavy atom. The molecule has 1 heterocycles. The fourth-order valence-electron chi connectivity index (χ4n) is 2.16. The number of amides is 1. The van der Waals surface area contributed by atoms with Crippen molar-refractivity contribution in [3.05, 3.63) is 29.8 Å². The number of hydrogen-bond donors (Lipinski definition) is 2. The van der Waals surface area contributed by atoms with Gasteiger partial charge in [0.25, 0.3) is 0 Å². The Bertz CT molecular complexity index is 426. The van der Waals surface area contributed by atoms with E-state index in [2.05, 4.69) is 30.5 Å². The summed E-state index contributed by atoms with van der Waals surface area (Å²) in [4.78, 5) is 12.0. The van der Waals surface area contributed by atoms with Crippen LogP contribution in [0.1, 0.15) is 31.7 Å². The molecular formula is C15H22N2O2. The van der Waals surface area contributed by atoms with Crippen molar-refractivity contribution in [2.75, 3.05) is 25.1 Å². The molecule has 2 rings (SSSR count). The van der Waals surface area contributed by atoms with E-state index < -0.39 is 0 Å². The number of anilines is 1. The molecule has 0 spiro atoms. The van der Waals surface area contributed by atoms with E-state index >= 15 is 0 Å². The summed E-state index contributed by atoms with van der Waals surface area (Å²) in [7, 11) is 0. The maximum Gasteiger partial charge on any atom is 0.226 e. The van der Waals surface area contributed by atoms with Gasteiger partial charge in [0.15, 0.2) is 0 Å². The van der Waals surface area contributed by atoms with Gasteiger partial charge in [0, 0.05) is 24.7 Å². The van der Waals surface area contributed by atoms with Crippen LogP contribution in [0.4, 0.5) is 5.69 Å². The minimum atomic E-state index is 0.0314. The molecule has 1 aliphatic rings. The van der Waals surface area contributed by atoms with Crippen molar-refractivity contribution in [2.45, 2.75) is 32.2 Å². The van der Waals surface area contributed by atoms with Crippen LogP contribution in [0.5, 0.6) is 0 Å². The SMILES string of the molecule is CC(C)c1cccc(NC(=O)CC2COCCN2)c1. The van der Waals surface area contributed by atoms with Crippen molar-refractivity contribution in [3.8, 4) is 0 Å². The first kappa shape index (κ1) is 14.0. The zero-order valence-corrected chi connectivity index (χ0v) is 11.6. The van der Waals surface area contributed by atoms with E-state index in [9.17, 15) is 4.79 Å². The third-order valence-electron chi connectivity index (χ3n) is 3.27. The first-order valence-corrected chi connectivity index (χ1v) is 6.86. The molecule has 1 unspecified atom stereocenters. The fourth-order valence-corrected chi connectivity index (χ4v) is 2.16. The number of ether oxygens (including phenoxy) is 1. The van der Waals surface area contributed by atoms with Crippen LogP contribution in [-0.4, -0.2) is 31.7 Å². The number of morpholine rings is 1. The Kier molecular flexibility index (Phi) is 4.93. The van der Waals surface area contributed by atoms with Gasteiger partial charge in [-0.25, -0.2) is 0 Å². The molecule has 0 aromatic heterocycles. The second-order valence-corrected chi connectivity index (χ2v) is 5.26. The van der Waals surface area contributed by atoms with E-state index in [0.29, 0.717) is 18.9 Å². The van der Waals surface area contributed by atoms with Crippen LogP contribution in [0, 0.1) is 0 Å². The summed E-state index contributed by atoms with van der Waals surface area (Å²) < 4.78 is 5.34. The molecule has 0 aliphatic carbocycles. The molecule has 1 aliphatic heterocycles. The number of benzene rings is 1. The minimum absolute atomic E-state index is 0.0314. The maximum absolute atomic E-state index is 12.0. The molecule has 1 aromatic carbocycles. The standard InChI is InChI=1S/C15H22N2O2/c1-11(2)12-4-3-5-13(8-12)17-15(18)9-14-10-19-7-6-16-14/h3-5,8,11,14,16H,6-7,9-10H2,1-2H3,(H,17,18). The average Bonchev–Trinajstić information content (AvgIpc) is 2.40. The third-order valence-corrected chi connectivity index (χ3v) is 3.27. The highest BCUT2D eigenvalue weighted by Crippen LogP contribution is 2.18. The van der Waals surface area contributed by atoms with Crippen LogP contribution in [0.25, 0.3) is 0 Å². The second-order valence-electron chi connectivity index (χ2n) is 5.26. The van der Waals surface area contributed by atoms with Crippen LogP contribution in [-0.2, 0) is 9.53 Å². The molecule has 1 aromatic rings. The molecule has 4 nitrogen and oxygen atoms in total. The number of nitrogens with one attached hydrogen (secondary N) is 2. The summed E-state index contributed by atoms with van der Waals surface area (Å²) in [6.07, 6.45) is 0.450. The van der Waals surface area contributed by atoms with Gasteiger partial charge in [-0.1, -0.05) is 26.0 Å². The van der Waals surface area contributed by atoms with Gasteiger partial charge < -0.3 is 15.4 Å². The summed E-state index contributed by atoms with van der Waals surface area (Å²) in [5.74, 6) is 0.495. The normalized spacial score (nSPS) is 19.4. The lowest BCUT2D eigenvalue weighted by Gasteiger charge is -2.23. The van der Waals surface area contributed by atoms with E-state index in [1.54, 1.807) is 0 Å². The number of carbonyl (C=O) groups is 1. The molecule has 1 amide bonds. The van der Waals surface area contributed by atoms with Gasteiger partial charge >= 0.3 is 0 Å². The minimum Gasteiger partial charge on any atom is -0.378 e. The molecule has 19 heavy (non-hydrogen) atoms. The van der Waals surface area contributed by atoms with E-state index in [0.717, 1.165) is 18.8 Å². The summed E-state index contributed by atoms with van der Waals surface area (Å²) in [6, 6.07) is 8.15. The lowest BCUT2D eigenvalue weighted by Crippen LogP contribution is -2.43. The fraction of sp³-hybridized carbons (Fsp3) is 0.533. The van der Waals surface area contributed by atoms with Crippen molar-refractivity contribution < 1.29 is 9.53 Å². The number of hydrogen-bond acceptors (Lipinski definition) is 3. The topological polar surface area (TPSA) is 50.4 Å². The Morgan fingerprint density at radius 1 is 1.53 bits per heavy atom. The van der Waals surface area contributed by atoms with Crippen molar-refractivity contribution in [3.63, 3.8) is 0 Å². The largest absolute Gasteiger partial charge is 0.378 e. The van der Waals surface area contributed by atoms with Crippen molar-refractivity contribution in [1.82, 2.24) is 5.32 Å². The molecule has 0 radical (unpaired) electrons. The zero-order valence-electron chi connectivity index (χ0n) is 11.6. The van der Waals surface area contributed by atoms with E-state index in [1.807, 2.05) is 18.2 Å². The van der Waals surface area contributed by atoms with Crippen molar-refractivity contribution >= 4 is 11.6 Å². The van der Waals surface area contributed by atoms with Crippen molar-refractivity contribution in [2.24, 2.45) is 0 Å². The van der Waals surface area contributed by atoms with E-state index in [4.69, 9.17) is 4.74 Å². The molecule has 0 bridgehead atoms. The van der Waals surface area contributed by atoms with Gasteiger partial charge in [0.1, 0.15) is 0 Å². The Morgan fingerprint density at radius 2 is 2.37 bits per heavy atom. The molecule has 104 valence electrons. The molecule has 1 saturated heterocycles. The molecule has 0 saturated carbocycles. The monoisotopic (exact) mass is 262 g/mol. The first-order chi connectivity index (χ1) is 9.15. The zero-order chi connectivity index (χ0) is 13.7. The predicted molar refractivity (Wildman–Crippen MR) is 76.4 cm³/mol. The van der Waals surface area contributed by atoms with Gasteiger partial charge in [-0.2, -0.15) is 0 Å². The van der Waals surface area contributed by atoms with Gasteiger partial charge in [-0.3, -0.25) is 4.79 Å². The molecule has 1 atom stereocenters. The first-order valence-electron chi connectivity index (χ1n) is 6.86. The molecular weight excluding hydrogens is 240 g/mol. The quantitative estimate of drug-likeness (QED) is 0.874. The molecule has 2 N–H and O–H groups in total. The summed E-state index contributed by atoms with van der Waals surface area (Å²) in [6.45, 7) is 6.45. The summed E-state index contributed by atoms with van der Waals surface area (Å²) in [5.41, 5.74) is 2.10. The van der Waals surface area contributed by atoms with Crippen LogP contribution in [0.3, 0.4) is 0 Å². The van der Waals surface area contributed by atoms with Crippen molar-refractivity contribution in [1.29, 1.82) is 0 Å². The number of rotatable bonds is 4. The lowest BCUT2D eigenvalue weighted by molar-refractivity contribution is -0.117. The van der Waals surface area contributed by atoms with Gasteiger partial charge in [-0.05, 0) is 23.6 Å². The van der Waals surface area contributed by atoms with E-state index in [1.165, 1.54) is 5.56 Å². The second kappa shape index (κ2) is 6.68. The summed E-state index contributed by atoms with van der Waals surface area (Å²) >= 11 is 0. The van der Waals surface area contributed by atoms with Crippen LogP contribution in [0.2, 0.25) is 0 Å². The van der Waals surface area contributed by atoms with Crippen LogP contribution >= 0.6 is 0 Å². The van der Waals surface area contributed by atoms with Gasteiger partial charge in [-0.15, -0.1) is 0 Å². The van der Waals surface area contributed by atoms with Gasteiger partial charge in [0.2, 0.25) is 5.91 Å². The maximum atomic E-state index is 12.0. The van der Waals surface area contributed by atoms with Crippen LogP contribution in [0.15, 0.2) is 24.3 Å². The summed E-state index contributed by atoms with van der Waals surface area (Å²) in [5, 5.41) is 6.23. The highest BCUT2D eigenvalue weighted by Gasteiger charge is 2.16. The Labute approximate surface area is 114 Å². The third kappa shape index (κ3) is 4.33. The molecule has 1 fully saturated rings. The Balaban J connectivity index is 1.89. The van der Waals surface area contributed by atoms with E-state index in [-0.39, 0.29) is 11.9 Å². The highest BCUT2D eigenvalue weighted by molar-refractivity contribution is 5.91. The van der Waals surface area contributed by atoms with Crippen LogP contribution < -0.4 is 10.6 Å². The predicted octanol–water partition coefficient (Wildman–Crippen LogP) is 2.13. The smallest absolute Gasteiger partial charge is 0.226 e. The lowest BCUT2D eigenvalue weighted by atomic mass is 10.0. The van der Waals surface area contributed by atoms with Gasteiger partial charge in [0.05, 0.1) is 13.2 Å². The molecule has 4 heteroatoms. The highest BCUT2D eigenvalue weighted by atomic mass is 16.5. The average molecular weight is 262 g/mol. The Hall–Kier alpha value is -1.39. The number of carbonyl (C=O) groups excluding carboxylic acids is 1.